The average Bonchev–Trinajstić information content (AvgIpc) is 2.22. The number of thioether (sulfide) groups is 1. The van der Waals surface area contributed by atoms with Crippen LogP contribution < -0.4 is 10.0 Å². The molecule has 0 spiro atoms. The molecule has 0 saturated heterocycles. The van der Waals surface area contributed by atoms with Crippen LogP contribution in [0.25, 0.3) is 0 Å². The summed E-state index contributed by atoms with van der Waals surface area (Å²) in [5.41, 5.74) is 0. The van der Waals surface area contributed by atoms with Crippen molar-refractivity contribution in [2.45, 2.75) is 30.8 Å². The molecule has 1 heterocycles. The predicted molar refractivity (Wildman–Crippen MR) is 75.0 cm³/mol. The molecule has 0 fully saturated rings. The Hall–Kier alpha value is -0.930. The van der Waals surface area contributed by atoms with Crippen molar-refractivity contribution in [2.24, 2.45) is 4.99 Å². The third-order valence-electron chi connectivity index (χ3n) is 2.09. The average molecular weight is 307 g/mol. The quantitative estimate of drug-likeness (QED) is 0.702. The van der Waals surface area contributed by atoms with Gasteiger partial charge in [-0.05, 0) is 0 Å². The second kappa shape index (κ2) is 6.02. The van der Waals surface area contributed by atoms with E-state index in [1.54, 1.807) is 11.8 Å². The number of rotatable bonds is 5. The summed E-state index contributed by atoms with van der Waals surface area (Å²) in [4.78, 5) is 25.4. The van der Waals surface area contributed by atoms with Crippen LogP contribution >= 0.6 is 11.8 Å². The van der Waals surface area contributed by atoms with Gasteiger partial charge < -0.3 is 0 Å². The normalized spacial score (nSPS) is 20.5. The number of aliphatic imine (C=N–C) groups is 1. The van der Waals surface area contributed by atoms with Gasteiger partial charge in [0, 0.05) is 23.3 Å². The van der Waals surface area contributed by atoms with Gasteiger partial charge in [-0.15, -0.1) is 0 Å². The zero-order valence-corrected chi connectivity index (χ0v) is 12.6. The van der Waals surface area contributed by atoms with Crippen LogP contribution in [0.1, 0.15) is 20.8 Å². The van der Waals surface area contributed by atoms with Crippen molar-refractivity contribution in [2.75, 3.05) is 12.3 Å². The maximum Gasteiger partial charge on any atom is 0.347 e. The zero-order valence-electron chi connectivity index (χ0n) is 11.0. The summed E-state index contributed by atoms with van der Waals surface area (Å²) >= 11 is 1.61. The van der Waals surface area contributed by atoms with Gasteiger partial charge in [-0.25, -0.2) is 22.9 Å². The summed E-state index contributed by atoms with van der Waals surface area (Å²) < 4.78 is 26.1. The minimum atomic E-state index is -3.85. The van der Waals surface area contributed by atoms with E-state index in [0.29, 0.717) is 5.75 Å². The van der Waals surface area contributed by atoms with E-state index in [-0.39, 0.29) is 11.3 Å². The Bertz CT molecular complexity index is 493. The van der Waals surface area contributed by atoms with Crippen molar-refractivity contribution in [3.63, 3.8) is 0 Å². The fourth-order valence-corrected chi connectivity index (χ4v) is 3.34. The molecule has 108 valence electrons. The van der Waals surface area contributed by atoms with Crippen LogP contribution in [0.3, 0.4) is 0 Å². The molecule has 3 amide bonds. The Kier molecular flexibility index (Phi) is 5.11. The van der Waals surface area contributed by atoms with Gasteiger partial charge in [0.25, 0.3) is 5.91 Å². The van der Waals surface area contributed by atoms with Gasteiger partial charge >= 0.3 is 6.03 Å². The largest absolute Gasteiger partial charge is 0.347 e. The molecule has 0 aromatic rings. The van der Waals surface area contributed by atoms with Crippen LogP contribution in [0.15, 0.2) is 4.99 Å². The van der Waals surface area contributed by atoms with Crippen LogP contribution in [-0.4, -0.2) is 48.9 Å². The number of sulfonamides is 1. The van der Waals surface area contributed by atoms with Crippen molar-refractivity contribution < 1.29 is 18.0 Å². The summed E-state index contributed by atoms with van der Waals surface area (Å²) in [5.74, 6) is -0.288. The van der Waals surface area contributed by atoms with Gasteiger partial charge in [0.05, 0.1) is 0 Å². The Morgan fingerprint density at radius 2 is 2.05 bits per heavy atom. The number of carbonyl (C=O) groups excluding carboxylic acids is 2. The molecule has 1 aliphatic heterocycles. The van der Waals surface area contributed by atoms with E-state index < -0.39 is 27.2 Å². The lowest BCUT2D eigenvalue weighted by atomic mass is 10.3. The van der Waals surface area contributed by atoms with E-state index in [9.17, 15) is 18.0 Å². The van der Waals surface area contributed by atoms with E-state index in [0.717, 1.165) is 6.21 Å². The summed E-state index contributed by atoms with van der Waals surface area (Å²) in [6.07, 6.45) is 0.848. The minimum Gasteiger partial charge on any atom is -0.275 e. The first kappa shape index (κ1) is 16.1. The molecule has 1 atom stereocenters. The monoisotopic (exact) mass is 307 g/mol. The molecule has 2 N–H and O–H groups in total. The molecule has 0 radical (unpaired) electrons. The third-order valence-corrected chi connectivity index (χ3v) is 4.98. The minimum absolute atomic E-state index is 0.0432. The fourth-order valence-electron chi connectivity index (χ4n) is 1.26. The highest BCUT2D eigenvalue weighted by atomic mass is 32.2. The lowest BCUT2D eigenvalue weighted by Gasteiger charge is -2.19. The van der Waals surface area contributed by atoms with Gasteiger partial charge in [-0.2, -0.15) is 11.8 Å². The first-order valence-electron chi connectivity index (χ1n) is 5.63. The third kappa shape index (κ3) is 5.29. The van der Waals surface area contributed by atoms with E-state index in [1.807, 2.05) is 26.1 Å². The lowest BCUT2D eigenvalue weighted by Crippen LogP contribution is -2.50. The Morgan fingerprint density at radius 3 is 2.58 bits per heavy atom. The molecular weight excluding hydrogens is 290 g/mol. The Morgan fingerprint density at radius 1 is 1.42 bits per heavy atom. The Balaban J connectivity index is 2.55. The van der Waals surface area contributed by atoms with Gasteiger partial charge in [0.1, 0.15) is 0 Å². The molecule has 19 heavy (non-hydrogen) atoms. The zero-order chi connectivity index (χ0) is 14.7. The van der Waals surface area contributed by atoms with Crippen molar-refractivity contribution in [1.29, 1.82) is 0 Å². The van der Waals surface area contributed by atoms with Gasteiger partial charge in [0.2, 0.25) is 10.0 Å². The van der Waals surface area contributed by atoms with Crippen LogP contribution in [0.4, 0.5) is 4.79 Å². The smallest absolute Gasteiger partial charge is 0.275 e. The summed E-state index contributed by atoms with van der Waals surface area (Å²) in [6.45, 7) is 6.30. The summed E-state index contributed by atoms with van der Waals surface area (Å²) in [7, 11) is -3.85. The molecule has 0 saturated carbocycles. The number of carbonyl (C=O) groups is 2. The van der Waals surface area contributed by atoms with Crippen molar-refractivity contribution in [3.8, 4) is 0 Å². The number of imide groups is 1. The maximum atomic E-state index is 11.8. The fraction of sp³-hybridized carbons (Fsp3) is 0.700. The van der Waals surface area contributed by atoms with Crippen LogP contribution in [0, 0.1) is 0 Å². The SMILES string of the molecule is CC(C)(C)SCCNS(=O)(=O)C1C=NC(=O)NC1=O. The predicted octanol–water partition coefficient (Wildman–Crippen LogP) is 0.127. The van der Waals surface area contributed by atoms with Crippen molar-refractivity contribution in [3.05, 3.63) is 0 Å². The molecule has 1 aliphatic rings. The molecule has 0 aliphatic carbocycles. The van der Waals surface area contributed by atoms with Gasteiger partial charge in [-0.3, -0.25) is 10.1 Å². The standard InChI is InChI=1S/C10H17N3O4S2/c1-10(2,3)18-5-4-12-19(16,17)7-6-11-9(15)13-8(7)14/h6-7,12H,4-5H2,1-3H3,(H,13,14,15). The molecule has 1 unspecified atom stereocenters. The second-order valence-electron chi connectivity index (χ2n) is 4.89. The first-order valence-corrected chi connectivity index (χ1v) is 8.16. The number of urea groups is 1. The molecule has 1 rings (SSSR count). The van der Waals surface area contributed by atoms with Crippen LogP contribution in [0.5, 0.6) is 0 Å². The summed E-state index contributed by atoms with van der Waals surface area (Å²) in [6, 6.07) is -0.847. The highest BCUT2D eigenvalue weighted by Gasteiger charge is 2.34. The topological polar surface area (TPSA) is 105 Å². The number of amides is 3. The molecule has 7 nitrogen and oxygen atoms in total. The lowest BCUT2D eigenvalue weighted by molar-refractivity contribution is -0.118. The van der Waals surface area contributed by atoms with Crippen molar-refractivity contribution in [1.82, 2.24) is 10.0 Å². The molecule has 9 heteroatoms. The van der Waals surface area contributed by atoms with Gasteiger partial charge in [0.15, 0.2) is 5.25 Å². The molecule has 0 aromatic heterocycles. The van der Waals surface area contributed by atoms with E-state index in [2.05, 4.69) is 9.71 Å². The van der Waals surface area contributed by atoms with Crippen LogP contribution in [0.2, 0.25) is 0 Å². The van der Waals surface area contributed by atoms with Crippen LogP contribution in [-0.2, 0) is 14.8 Å². The second-order valence-corrected chi connectivity index (χ2v) is 8.70. The van der Waals surface area contributed by atoms with Crippen molar-refractivity contribution >= 4 is 39.9 Å². The number of nitrogens with zero attached hydrogens (tertiary/aromatic N) is 1. The highest BCUT2D eigenvalue weighted by Crippen LogP contribution is 2.22. The highest BCUT2D eigenvalue weighted by molar-refractivity contribution is 8.00. The maximum absolute atomic E-state index is 11.8. The van der Waals surface area contributed by atoms with E-state index >= 15 is 0 Å². The molecule has 0 bridgehead atoms. The Labute approximate surface area is 116 Å². The number of hydrogen-bond donors (Lipinski definition) is 2. The number of hydrogen-bond acceptors (Lipinski definition) is 5. The van der Waals surface area contributed by atoms with Gasteiger partial charge in [-0.1, -0.05) is 20.8 Å². The molecule has 0 aromatic carbocycles. The number of nitrogens with one attached hydrogen (secondary N) is 2. The van der Waals surface area contributed by atoms with E-state index in [1.165, 1.54) is 0 Å². The first-order chi connectivity index (χ1) is 8.62. The molecular formula is C10H17N3O4S2. The summed E-state index contributed by atoms with van der Waals surface area (Å²) in [5, 5.41) is 0.396. The van der Waals surface area contributed by atoms with E-state index in [4.69, 9.17) is 0 Å².